The maximum atomic E-state index is 6.22. The highest BCUT2D eigenvalue weighted by Gasteiger charge is 2.39. The lowest BCUT2D eigenvalue weighted by atomic mass is 9.77. The molecule has 0 radical (unpaired) electrons. The summed E-state index contributed by atoms with van der Waals surface area (Å²) < 4.78 is 11.5. The Morgan fingerprint density at radius 2 is 1.86 bits per heavy atom. The fourth-order valence-corrected chi connectivity index (χ4v) is 3.11. The summed E-state index contributed by atoms with van der Waals surface area (Å²) in [6.07, 6.45) is 10.7. The Hall–Kier alpha value is -0.650. The average molecular weight is 316 g/mol. The normalized spacial score (nSPS) is 23.7. The van der Waals surface area contributed by atoms with E-state index in [0.717, 1.165) is 32.1 Å². The Morgan fingerprint density at radius 3 is 2.43 bits per heavy atom. The molecule has 1 heterocycles. The smallest absolute Gasteiger partial charge is 0.255 e. The zero-order chi connectivity index (χ0) is 14.0. The van der Waals surface area contributed by atoms with Gasteiger partial charge in [-0.3, -0.25) is 0 Å². The lowest BCUT2D eigenvalue weighted by Crippen LogP contribution is -2.44. The number of hydrogen-bond donors (Lipinski definition) is 1. The van der Waals surface area contributed by atoms with Crippen LogP contribution in [0.4, 0.5) is 0 Å². The predicted molar refractivity (Wildman–Crippen MR) is 82.3 cm³/mol. The van der Waals surface area contributed by atoms with Crippen molar-refractivity contribution in [3.63, 3.8) is 0 Å². The van der Waals surface area contributed by atoms with E-state index in [1.54, 1.807) is 0 Å². The third-order valence-corrected chi connectivity index (χ3v) is 4.68. The largest absolute Gasteiger partial charge is 0.365 e. The van der Waals surface area contributed by atoms with Gasteiger partial charge in [-0.25, -0.2) is 0 Å². The second-order valence-electron chi connectivity index (χ2n) is 6.36. The number of ether oxygens (including phenoxy) is 1. The first kappa shape index (κ1) is 16.7. The Bertz CT molecular complexity index is 440. The minimum absolute atomic E-state index is 0. The highest BCUT2D eigenvalue weighted by molar-refractivity contribution is 5.85. The summed E-state index contributed by atoms with van der Waals surface area (Å²) in [5.74, 6) is 1.22. The molecule has 0 bridgehead atoms. The molecule has 1 atom stereocenters. The van der Waals surface area contributed by atoms with Crippen molar-refractivity contribution in [2.24, 2.45) is 5.73 Å². The molecule has 2 aliphatic carbocycles. The molecule has 2 fully saturated rings. The first-order chi connectivity index (χ1) is 9.67. The number of nitrogens with zero attached hydrogens (tertiary/aromatic N) is 2. The van der Waals surface area contributed by atoms with Crippen LogP contribution in [-0.4, -0.2) is 16.2 Å². The molecular formula is C15H26ClN3O2. The summed E-state index contributed by atoms with van der Waals surface area (Å²) in [6, 6.07) is 0. The second-order valence-corrected chi connectivity index (χ2v) is 6.36. The molecule has 120 valence electrons. The Morgan fingerprint density at radius 1 is 1.19 bits per heavy atom. The topological polar surface area (TPSA) is 74.2 Å². The van der Waals surface area contributed by atoms with Gasteiger partial charge in [-0.2, -0.15) is 4.98 Å². The average Bonchev–Trinajstić information content (AvgIpc) is 2.77. The molecule has 3 rings (SSSR count). The van der Waals surface area contributed by atoms with Crippen molar-refractivity contribution in [3.05, 3.63) is 11.7 Å². The van der Waals surface area contributed by atoms with Crippen LogP contribution >= 0.6 is 12.4 Å². The zero-order valence-electron chi connectivity index (χ0n) is 12.7. The fraction of sp³-hybridized carbons (Fsp3) is 0.867. The number of nitrogens with two attached hydrogens (primary N) is 1. The number of hydrogen-bond acceptors (Lipinski definition) is 5. The van der Waals surface area contributed by atoms with E-state index in [2.05, 4.69) is 10.1 Å². The van der Waals surface area contributed by atoms with Crippen LogP contribution in [0.3, 0.4) is 0 Å². The van der Waals surface area contributed by atoms with Crippen LogP contribution in [0.15, 0.2) is 4.52 Å². The minimum Gasteiger partial charge on any atom is -0.365 e. The van der Waals surface area contributed by atoms with Gasteiger partial charge in [0.2, 0.25) is 0 Å². The highest BCUT2D eigenvalue weighted by atomic mass is 35.5. The Labute approximate surface area is 132 Å². The fourth-order valence-electron chi connectivity index (χ4n) is 3.11. The summed E-state index contributed by atoms with van der Waals surface area (Å²) >= 11 is 0. The maximum Gasteiger partial charge on any atom is 0.255 e. The van der Waals surface area contributed by atoms with E-state index in [4.69, 9.17) is 15.0 Å². The van der Waals surface area contributed by atoms with E-state index in [9.17, 15) is 0 Å². The number of aromatic nitrogens is 2. The summed E-state index contributed by atoms with van der Waals surface area (Å²) in [4.78, 5) is 4.47. The van der Waals surface area contributed by atoms with Gasteiger partial charge in [-0.15, -0.1) is 12.4 Å². The lowest BCUT2D eigenvalue weighted by molar-refractivity contribution is -0.0259. The number of rotatable bonds is 4. The molecule has 1 aromatic heterocycles. The highest BCUT2D eigenvalue weighted by Crippen LogP contribution is 2.37. The first-order valence-corrected chi connectivity index (χ1v) is 7.96. The van der Waals surface area contributed by atoms with Gasteiger partial charge in [0.25, 0.3) is 5.89 Å². The molecule has 0 amide bonds. The quantitative estimate of drug-likeness (QED) is 0.859. The molecule has 1 aromatic rings. The molecule has 6 heteroatoms. The van der Waals surface area contributed by atoms with Gasteiger partial charge in [0.1, 0.15) is 6.10 Å². The lowest BCUT2D eigenvalue weighted by Gasteiger charge is -2.34. The van der Waals surface area contributed by atoms with Crippen LogP contribution in [0.2, 0.25) is 0 Å². The van der Waals surface area contributed by atoms with Crippen molar-refractivity contribution in [3.8, 4) is 0 Å². The molecule has 2 aliphatic rings. The predicted octanol–water partition coefficient (Wildman–Crippen LogP) is 3.63. The van der Waals surface area contributed by atoms with Gasteiger partial charge >= 0.3 is 0 Å². The summed E-state index contributed by atoms with van der Waals surface area (Å²) in [7, 11) is 0. The van der Waals surface area contributed by atoms with E-state index in [-0.39, 0.29) is 24.0 Å². The third-order valence-electron chi connectivity index (χ3n) is 4.68. The SMILES string of the molecule is CC(OC1CCCCCC1)c1nc(C2(N)CCC2)no1.Cl. The molecule has 5 nitrogen and oxygen atoms in total. The van der Waals surface area contributed by atoms with Gasteiger partial charge in [0.15, 0.2) is 5.82 Å². The van der Waals surface area contributed by atoms with Crippen molar-refractivity contribution in [1.82, 2.24) is 10.1 Å². The van der Waals surface area contributed by atoms with Crippen molar-refractivity contribution in [2.45, 2.75) is 82.5 Å². The van der Waals surface area contributed by atoms with Crippen LogP contribution in [0.1, 0.15) is 82.5 Å². The minimum atomic E-state index is -0.357. The van der Waals surface area contributed by atoms with Crippen molar-refractivity contribution in [1.29, 1.82) is 0 Å². The van der Waals surface area contributed by atoms with Crippen LogP contribution in [0.25, 0.3) is 0 Å². The second kappa shape index (κ2) is 7.07. The van der Waals surface area contributed by atoms with E-state index in [1.807, 2.05) is 6.92 Å². The van der Waals surface area contributed by atoms with Gasteiger partial charge < -0.3 is 15.0 Å². The van der Waals surface area contributed by atoms with E-state index in [0.29, 0.717) is 17.8 Å². The van der Waals surface area contributed by atoms with Crippen molar-refractivity contribution in [2.75, 3.05) is 0 Å². The molecule has 21 heavy (non-hydrogen) atoms. The Kier molecular flexibility index (Phi) is 5.63. The molecular weight excluding hydrogens is 290 g/mol. The van der Waals surface area contributed by atoms with Gasteiger partial charge in [0, 0.05) is 0 Å². The summed E-state index contributed by atoms with van der Waals surface area (Å²) in [5.41, 5.74) is 5.86. The van der Waals surface area contributed by atoms with Crippen molar-refractivity contribution >= 4 is 12.4 Å². The summed E-state index contributed by atoms with van der Waals surface area (Å²) in [6.45, 7) is 1.99. The molecule has 1 unspecified atom stereocenters. The molecule has 0 aromatic carbocycles. The van der Waals surface area contributed by atoms with Crippen LogP contribution in [0.5, 0.6) is 0 Å². The molecule has 2 saturated carbocycles. The van der Waals surface area contributed by atoms with E-state index >= 15 is 0 Å². The summed E-state index contributed by atoms with van der Waals surface area (Å²) in [5, 5.41) is 4.05. The third kappa shape index (κ3) is 3.76. The standard InChI is InChI=1S/C15H25N3O2.ClH/c1-11(19-12-7-4-2-3-5-8-12)13-17-14(18-20-13)15(16)9-6-10-15;/h11-12H,2-10,16H2,1H3;1H. The molecule has 0 aliphatic heterocycles. The van der Waals surface area contributed by atoms with Crippen molar-refractivity contribution < 1.29 is 9.26 Å². The molecule has 0 saturated heterocycles. The monoisotopic (exact) mass is 315 g/mol. The van der Waals surface area contributed by atoms with Gasteiger partial charge in [-0.05, 0) is 39.0 Å². The maximum absolute atomic E-state index is 6.22. The molecule has 0 spiro atoms. The van der Waals surface area contributed by atoms with Crippen LogP contribution in [0, 0.1) is 0 Å². The molecule has 2 N–H and O–H groups in total. The van der Waals surface area contributed by atoms with Gasteiger partial charge in [0.05, 0.1) is 11.6 Å². The first-order valence-electron chi connectivity index (χ1n) is 7.96. The zero-order valence-corrected chi connectivity index (χ0v) is 13.5. The van der Waals surface area contributed by atoms with E-state index in [1.165, 1.54) is 25.7 Å². The van der Waals surface area contributed by atoms with Gasteiger partial charge in [-0.1, -0.05) is 30.8 Å². The van der Waals surface area contributed by atoms with Crippen LogP contribution in [-0.2, 0) is 10.3 Å². The van der Waals surface area contributed by atoms with Crippen LogP contribution < -0.4 is 5.73 Å². The Balaban J connectivity index is 0.00000161. The number of halogens is 1. The van der Waals surface area contributed by atoms with E-state index < -0.39 is 0 Å².